The summed E-state index contributed by atoms with van der Waals surface area (Å²) in [4.78, 5) is 11.4. The number of carboxylic acids is 1. The zero-order chi connectivity index (χ0) is 13.8. The first-order valence-corrected chi connectivity index (χ1v) is 6.71. The van der Waals surface area contributed by atoms with Crippen LogP contribution >= 0.6 is 11.6 Å². The first-order valence-electron chi connectivity index (χ1n) is 6.17. The molecule has 0 aliphatic heterocycles. The maximum absolute atomic E-state index is 11.4. The molecule has 0 spiro atoms. The Bertz CT molecular complexity index is 605. The summed E-state index contributed by atoms with van der Waals surface area (Å²) in [5.41, 5.74) is 4.08. The maximum atomic E-state index is 11.4. The van der Waals surface area contributed by atoms with Gasteiger partial charge in [0.05, 0.1) is 5.56 Å². The average molecular weight is 275 g/mol. The van der Waals surface area contributed by atoms with Gasteiger partial charge in [-0.25, -0.2) is 4.79 Å². The molecule has 2 nitrogen and oxygen atoms in total. The fraction of sp³-hybridized carbons (Fsp3) is 0.188. The molecule has 0 bridgehead atoms. The molecule has 0 saturated carbocycles. The van der Waals surface area contributed by atoms with Gasteiger partial charge in [0.1, 0.15) is 0 Å². The van der Waals surface area contributed by atoms with Crippen LogP contribution in [0.4, 0.5) is 0 Å². The molecule has 2 aromatic carbocycles. The first-order chi connectivity index (χ1) is 9.17. The van der Waals surface area contributed by atoms with Crippen LogP contribution in [0.25, 0.3) is 11.1 Å². The molecule has 0 heterocycles. The molecule has 0 saturated heterocycles. The quantitative estimate of drug-likeness (QED) is 0.842. The zero-order valence-electron chi connectivity index (χ0n) is 10.7. The summed E-state index contributed by atoms with van der Waals surface area (Å²) in [6.45, 7) is 2.06. The second kappa shape index (κ2) is 5.89. The molecule has 0 atom stereocenters. The third kappa shape index (κ3) is 2.79. The van der Waals surface area contributed by atoms with Crippen molar-refractivity contribution in [3.63, 3.8) is 0 Å². The second-order valence-corrected chi connectivity index (χ2v) is 4.60. The van der Waals surface area contributed by atoms with E-state index in [1.807, 2.05) is 30.3 Å². The van der Waals surface area contributed by atoms with Crippen LogP contribution in [0.15, 0.2) is 42.5 Å². The average Bonchev–Trinajstić information content (AvgIpc) is 2.46. The standard InChI is InChI=1S/C16H15ClO2/c1-2-12-5-3-4-6-13(12)15-9-11(10-17)7-8-14(15)16(18)19/h3-9H,2,10H2,1H3,(H,18,19). The van der Waals surface area contributed by atoms with Crippen molar-refractivity contribution in [2.75, 3.05) is 0 Å². The number of rotatable bonds is 4. The summed E-state index contributed by atoms with van der Waals surface area (Å²) in [6.07, 6.45) is 0.861. The number of aryl methyl sites for hydroxylation is 1. The van der Waals surface area contributed by atoms with Crippen molar-refractivity contribution in [3.8, 4) is 11.1 Å². The minimum atomic E-state index is -0.915. The molecule has 2 rings (SSSR count). The van der Waals surface area contributed by atoms with E-state index in [1.165, 1.54) is 0 Å². The normalized spacial score (nSPS) is 10.4. The van der Waals surface area contributed by atoms with Crippen molar-refractivity contribution in [1.82, 2.24) is 0 Å². The van der Waals surface area contributed by atoms with E-state index in [0.29, 0.717) is 11.4 Å². The summed E-state index contributed by atoms with van der Waals surface area (Å²) >= 11 is 5.84. The zero-order valence-corrected chi connectivity index (χ0v) is 11.4. The molecule has 0 amide bonds. The van der Waals surface area contributed by atoms with Crippen LogP contribution < -0.4 is 0 Å². The molecule has 0 fully saturated rings. The van der Waals surface area contributed by atoms with E-state index in [9.17, 15) is 9.90 Å². The fourth-order valence-corrected chi connectivity index (χ4v) is 2.34. The van der Waals surface area contributed by atoms with Gasteiger partial charge in [-0.3, -0.25) is 0 Å². The molecular weight excluding hydrogens is 260 g/mol. The van der Waals surface area contributed by atoms with Crippen LogP contribution in [-0.4, -0.2) is 11.1 Å². The van der Waals surface area contributed by atoms with E-state index in [1.54, 1.807) is 12.1 Å². The monoisotopic (exact) mass is 274 g/mol. The van der Waals surface area contributed by atoms with Gasteiger partial charge < -0.3 is 5.11 Å². The molecule has 1 N–H and O–H groups in total. The smallest absolute Gasteiger partial charge is 0.336 e. The van der Waals surface area contributed by atoms with Crippen LogP contribution in [0.3, 0.4) is 0 Å². The molecule has 98 valence electrons. The van der Waals surface area contributed by atoms with Crippen molar-refractivity contribution in [2.45, 2.75) is 19.2 Å². The number of aromatic carboxylic acids is 1. The van der Waals surface area contributed by atoms with Gasteiger partial charge in [-0.15, -0.1) is 11.6 Å². The summed E-state index contributed by atoms with van der Waals surface area (Å²) in [5.74, 6) is -0.539. The van der Waals surface area contributed by atoms with Crippen LogP contribution in [0.1, 0.15) is 28.4 Å². The van der Waals surface area contributed by atoms with Crippen LogP contribution in [0, 0.1) is 0 Å². The molecule has 0 aromatic heterocycles. The number of carboxylic acid groups (broad SMARTS) is 1. The van der Waals surface area contributed by atoms with Crippen molar-refractivity contribution < 1.29 is 9.90 Å². The Morgan fingerprint density at radius 2 is 1.89 bits per heavy atom. The summed E-state index contributed by atoms with van der Waals surface area (Å²) in [7, 11) is 0. The van der Waals surface area contributed by atoms with Crippen molar-refractivity contribution >= 4 is 17.6 Å². The first kappa shape index (κ1) is 13.6. The molecule has 0 radical (unpaired) electrons. The molecule has 0 unspecified atom stereocenters. The number of alkyl halides is 1. The van der Waals surface area contributed by atoms with Crippen molar-refractivity contribution in [1.29, 1.82) is 0 Å². The van der Waals surface area contributed by atoms with Crippen LogP contribution in [-0.2, 0) is 12.3 Å². The summed E-state index contributed by atoms with van der Waals surface area (Å²) in [5, 5.41) is 9.32. The van der Waals surface area contributed by atoms with Gasteiger partial charge in [-0.2, -0.15) is 0 Å². The number of halogens is 1. The highest BCUT2D eigenvalue weighted by Gasteiger charge is 2.14. The van der Waals surface area contributed by atoms with Gasteiger partial charge in [-0.1, -0.05) is 37.3 Å². The number of hydrogen-bond acceptors (Lipinski definition) is 1. The Morgan fingerprint density at radius 3 is 2.53 bits per heavy atom. The lowest BCUT2D eigenvalue weighted by Crippen LogP contribution is -2.01. The molecular formula is C16H15ClO2. The molecule has 0 aliphatic rings. The highest BCUT2D eigenvalue weighted by atomic mass is 35.5. The Labute approximate surface area is 117 Å². The predicted molar refractivity (Wildman–Crippen MR) is 77.8 cm³/mol. The van der Waals surface area contributed by atoms with Gasteiger partial charge in [-0.05, 0) is 40.8 Å². The molecule has 19 heavy (non-hydrogen) atoms. The molecule has 0 aliphatic carbocycles. The van der Waals surface area contributed by atoms with E-state index in [4.69, 9.17) is 11.6 Å². The number of hydrogen-bond donors (Lipinski definition) is 1. The minimum Gasteiger partial charge on any atom is -0.478 e. The highest BCUT2D eigenvalue weighted by molar-refractivity contribution is 6.17. The Balaban J connectivity index is 2.68. The van der Waals surface area contributed by atoms with Crippen LogP contribution in [0.2, 0.25) is 0 Å². The van der Waals surface area contributed by atoms with E-state index >= 15 is 0 Å². The van der Waals surface area contributed by atoms with Crippen LogP contribution in [0.5, 0.6) is 0 Å². The Morgan fingerprint density at radius 1 is 1.16 bits per heavy atom. The lowest BCUT2D eigenvalue weighted by Gasteiger charge is -2.12. The van der Waals surface area contributed by atoms with E-state index in [2.05, 4.69) is 6.92 Å². The van der Waals surface area contributed by atoms with Crippen molar-refractivity contribution in [2.24, 2.45) is 0 Å². The van der Waals surface area contributed by atoms with Gasteiger partial charge >= 0.3 is 5.97 Å². The van der Waals surface area contributed by atoms with Crippen molar-refractivity contribution in [3.05, 3.63) is 59.2 Å². The Hall–Kier alpha value is -1.80. The lowest BCUT2D eigenvalue weighted by molar-refractivity contribution is 0.0697. The number of benzene rings is 2. The molecule has 2 aromatic rings. The molecule has 3 heteroatoms. The lowest BCUT2D eigenvalue weighted by atomic mass is 9.93. The highest BCUT2D eigenvalue weighted by Crippen LogP contribution is 2.29. The van der Waals surface area contributed by atoms with E-state index in [-0.39, 0.29) is 0 Å². The number of carbonyl (C=O) groups is 1. The summed E-state index contributed by atoms with van der Waals surface area (Å²) in [6, 6.07) is 13.1. The van der Waals surface area contributed by atoms with E-state index < -0.39 is 5.97 Å². The summed E-state index contributed by atoms with van der Waals surface area (Å²) < 4.78 is 0. The minimum absolute atomic E-state index is 0.315. The van der Waals surface area contributed by atoms with Gasteiger partial charge in [0.2, 0.25) is 0 Å². The second-order valence-electron chi connectivity index (χ2n) is 4.33. The third-order valence-electron chi connectivity index (χ3n) is 3.16. The largest absolute Gasteiger partial charge is 0.478 e. The topological polar surface area (TPSA) is 37.3 Å². The maximum Gasteiger partial charge on any atom is 0.336 e. The SMILES string of the molecule is CCc1ccccc1-c1cc(CCl)ccc1C(=O)O. The predicted octanol–water partition coefficient (Wildman–Crippen LogP) is 4.35. The van der Waals surface area contributed by atoms with E-state index in [0.717, 1.165) is 28.7 Å². The van der Waals surface area contributed by atoms with Gasteiger partial charge in [0.15, 0.2) is 0 Å². The fourth-order valence-electron chi connectivity index (χ4n) is 2.18. The Kier molecular flexibility index (Phi) is 4.23. The van der Waals surface area contributed by atoms with Gasteiger partial charge in [0, 0.05) is 5.88 Å². The third-order valence-corrected chi connectivity index (χ3v) is 3.47. The van der Waals surface area contributed by atoms with Gasteiger partial charge in [0.25, 0.3) is 0 Å².